The molecule has 1 fully saturated rings. The third-order valence-corrected chi connectivity index (χ3v) is 4.27. The van der Waals surface area contributed by atoms with Gasteiger partial charge in [-0.3, -0.25) is 0 Å². The predicted octanol–water partition coefficient (Wildman–Crippen LogP) is 3.91. The average molecular weight is 282 g/mol. The number of benzene rings is 1. The molecule has 2 rings (SSSR count). The molecular formula is C14H20BrN. The largest absolute Gasteiger partial charge is 0.311 e. The fraction of sp³-hybridized carbons (Fsp3) is 0.571. The van der Waals surface area contributed by atoms with Crippen molar-refractivity contribution in [2.75, 3.05) is 0 Å². The zero-order valence-corrected chi connectivity index (χ0v) is 11.5. The van der Waals surface area contributed by atoms with Gasteiger partial charge < -0.3 is 5.32 Å². The molecule has 16 heavy (non-hydrogen) atoms. The van der Waals surface area contributed by atoms with Gasteiger partial charge in [0.05, 0.1) is 0 Å². The second kappa shape index (κ2) is 5.83. The lowest BCUT2D eigenvalue weighted by molar-refractivity contribution is 0.298. The molecule has 0 bridgehead atoms. The molecule has 1 atom stereocenters. The quantitative estimate of drug-likeness (QED) is 0.863. The molecule has 0 spiro atoms. The first kappa shape index (κ1) is 12.1. The van der Waals surface area contributed by atoms with Crippen LogP contribution in [0, 0.1) is 0 Å². The van der Waals surface area contributed by atoms with Crippen LogP contribution >= 0.6 is 15.9 Å². The zero-order chi connectivity index (χ0) is 11.4. The fourth-order valence-corrected chi connectivity index (χ4v) is 2.61. The minimum atomic E-state index is 0.629. The van der Waals surface area contributed by atoms with E-state index in [0.717, 1.165) is 12.5 Å². The van der Waals surface area contributed by atoms with Crippen molar-refractivity contribution >= 4 is 15.9 Å². The first-order valence-corrected chi connectivity index (χ1v) is 7.08. The van der Waals surface area contributed by atoms with Crippen LogP contribution in [-0.2, 0) is 6.42 Å². The summed E-state index contributed by atoms with van der Waals surface area (Å²) >= 11 is 3.62. The van der Waals surface area contributed by atoms with E-state index in [2.05, 4.69) is 52.4 Å². The van der Waals surface area contributed by atoms with Crippen LogP contribution in [0.5, 0.6) is 0 Å². The minimum absolute atomic E-state index is 0.629. The molecule has 1 saturated carbocycles. The van der Waals surface area contributed by atoms with Gasteiger partial charge in [-0.2, -0.15) is 0 Å². The van der Waals surface area contributed by atoms with Gasteiger partial charge in [0.1, 0.15) is 0 Å². The van der Waals surface area contributed by atoms with Gasteiger partial charge in [-0.1, -0.05) is 47.5 Å². The van der Waals surface area contributed by atoms with E-state index in [0.29, 0.717) is 6.04 Å². The van der Waals surface area contributed by atoms with E-state index >= 15 is 0 Å². The highest BCUT2D eigenvalue weighted by atomic mass is 79.9. The molecule has 1 nitrogen and oxygen atoms in total. The van der Waals surface area contributed by atoms with Crippen molar-refractivity contribution in [2.45, 2.75) is 51.1 Å². The summed E-state index contributed by atoms with van der Waals surface area (Å²) in [5.74, 6) is 0. The Bertz CT molecular complexity index is 333. The Morgan fingerprint density at radius 1 is 1.38 bits per heavy atom. The van der Waals surface area contributed by atoms with Crippen molar-refractivity contribution in [3.8, 4) is 0 Å². The van der Waals surface area contributed by atoms with E-state index in [4.69, 9.17) is 0 Å². The summed E-state index contributed by atoms with van der Waals surface area (Å²) in [5, 5.41) is 3.76. The Kier molecular flexibility index (Phi) is 4.42. The smallest absolute Gasteiger partial charge is 0.0207 e. The maximum atomic E-state index is 3.76. The van der Waals surface area contributed by atoms with Crippen LogP contribution in [0.15, 0.2) is 28.7 Å². The molecule has 0 radical (unpaired) electrons. The molecule has 1 aliphatic carbocycles. The van der Waals surface area contributed by atoms with Gasteiger partial charge in [0.25, 0.3) is 0 Å². The van der Waals surface area contributed by atoms with Crippen LogP contribution < -0.4 is 5.32 Å². The highest BCUT2D eigenvalue weighted by molar-refractivity contribution is 9.10. The van der Waals surface area contributed by atoms with Gasteiger partial charge in [-0.15, -0.1) is 0 Å². The van der Waals surface area contributed by atoms with Gasteiger partial charge in [-0.25, -0.2) is 0 Å². The molecule has 0 aliphatic heterocycles. The lowest BCUT2D eigenvalue weighted by Gasteiger charge is -2.31. The van der Waals surface area contributed by atoms with E-state index in [1.54, 1.807) is 0 Å². The maximum absolute atomic E-state index is 3.76. The molecule has 0 amide bonds. The van der Waals surface area contributed by atoms with E-state index in [9.17, 15) is 0 Å². The van der Waals surface area contributed by atoms with Crippen molar-refractivity contribution < 1.29 is 0 Å². The summed E-state index contributed by atoms with van der Waals surface area (Å²) in [5.41, 5.74) is 1.42. The lowest BCUT2D eigenvalue weighted by Crippen LogP contribution is -2.43. The SMILES string of the molecule is CCC(Cc1ccccc1Br)NC1CCC1. The van der Waals surface area contributed by atoms with E-state index in [1.807, 2.05) is 0 Å². The molecule has 1 aromatic rings. The van der Waals surface area contributed by atoms with E-state index < -0.39 is 0 Å². The lowest BCUT2D eigenvalue weighted by atomic mass is 9.91. The third kappa shape index (κ3) is 3.08. The second-order valence-corrected chi connectivity index (χ2v) is 5.55. The van der Waals surface area contributed by atoms with Crippen molar-refractivity contribution in [1.29, 1.82) is 0 Å². The molecule has 1 unspecified atom stereocenters. The summed E-state index contributed by atoms with van der Waals surface area (Å²) in [6.07, 6.45) is 6.48. The maximum Gasteiger partial charge on any atom is 0.0207 e. The highest BCUT2D eigenvalue weighted by Crippen LogP contribution is 2.22. The number of rotatable bonds is 5. The van der Waals surface area contributed by atoms with Crippen LogP contribution in [0.25, 0.3) is 0 Å². The Morgan fingerprint density at radius 2 is 2.12 bits per heavy atom. The Hall–Kier alpha value is -0.340. The number of halogens is 1. The zero-order valence-electron chi connectivity index (χ0n) is 9.88. The standard InChI is InChI=1S/C14H20BrN/c1-2-12(16-13-7-5-8-13)10-11-6-3-4-9-14(11)15/h3-4,6,9,12-13,16H,2,5,7-8,10H2,1H3. The molecule has 0 aromatic heterocycles. The molecule has 0 heterocycles. The van der Waals surface area contributed by atoms with Gasteiger partial charge in [0.15, 0.2) is 0 Å². The number of hydrogen-bond acceptors (Lipinski definition) is 1. The van der Waals surface area contributed by atoms with Crippen LogP contribution in [0.4, 0.5) is 0 Å². The summed E-state index contributed by atoms with van der Waals surface area (Å²) < 4.78 is 1.24. The van der Waals surface area contributed by atoms with Gasteiger partial charge >= 0.3 is 0 Å². The number of nitrogens with one attached hydrogen (secondary N) is 1. The summed E-state index contributed by atoms with van der Waals surface area (Å²) in [6, 6.07) is 9.96. The van der Waals surface area contributed by atoms with Crippen LogP contribution in [0.2, 0.25) is 0 Å². The average Bonchev–Trinajstić information content (AvgIpc) is 2.24. The predicted molar refractivity (Wildman–Crippen MR) is 72.7 cm³/mol. The molecule has 1 aromatic carbocycles. The molecule has 2 heteroatoms. The summed E-state index contributed by atoms with van der Waals surface area (Å²) in [4.78, 5) is 0. The Morgan fingerprint density at radius 3 is 2.69 bits per heavy atom. The number of hydrogen-bond donors (Lipinski definition) is 1. The van der Waals surface area contributed by atoms with Crippen molar-refractivity contribution in [3.63, 3.8) is 0 Å². The molecular weight excluding hydrogens is 262 g/mol. The van der Waals surface area contributed by atoms with Crippen LogP contribution in [0.1, 0.15) is 38.2 Å². The molecule has 88 valence electrons. The topological polar surface area (TPSA) is 12.0 Å². The molecule has 1 aliphatic rings. The van der Waals surface area contributed by atoms with Gasteiger partial charge in [0.2, 0.25) is 0 Å². The van der Waals surface area contributed by atoms with E-state index in [-0.39, 0.29) is 0 Å². The Labute approximate surface area is 107 Å². The van der Waals surface area contributed by atoms with Crippen LogP contribution in [-0.4, -0.2) is 12.1 Å². The van der Waals surface area contributed by atoms with Crippen LogP contribution in [0.3, 0.4) is 0 Å². The van der Waals surface area contributed by atoms with Crippen molar-refractivity contribution in [2.24, 2.45) is 0 Å². The highest BCUT2D eigenvalue weighted by Gasteiger charge is 2.20. The van der Waals surface area contributed by atoms with E-state index in [1.165, 1.54) is 35.7 Å². The van der Waals surface area contributed by atoms with Crippen molar-refractivity contribution in [1.82, 2.24) is 5.32 Å². The monoisotopic (exact) mass is 281 g/mol. The normalized spacial score (nSPS) is 18.1. The molecule has 0 saturated heterocycles. The summed E-state index contributed by atoms with van der Waals surface area (Å²) in [7, 11) is 0. The minimum Gasteiger partial charge on any atom is -0.311 e. The summed E-state index contributed by atoms with van der Waals surface area (Å²) in [6.45, 7) is 2.27. The van der Waals surface area contributed by atoms with Crippen molar-refractivity contribution in [3.05, 3.63) is 34.3 Å². The first-order chi connectivity index (χ1) is 7.79. The third-order valence-electron chi connectivity index (χ3n) is 3.49. The Balaban J connectivity index is 1.92. The second-order valence-electron chi connectivity index (χ2n) is 4.70. The molecule has 1 N–H and O–H groups in total. The fourth-order valence-electron chi connectivity index (χ4n) is 2.16. The van der Waals surface area contributed by atoms with Gasteiger partial charge in [-0.05, 0) is 37.3 Å². The van der Waals surface area contributed by atoms with Gasteiger partial charge in [0, 0.05) is 16.6 Å². The first-order valence-electron chi connectivity index (χ1n) is 6.29.